The molecule has 5 saturated carbocycles. The number of ether oxygens (including phenoxy) is 1. The van der Waals surface area contributed by atoms with E-state index in [2.05, 4.69) is 41.2 Å². The van der Waals surface area contributed by atoms with Crippen molar-refractivity contribution in [3.8, 4) is 0 Å². The highest BCUT2D eigenvalue weighted by molar-refractivity contribution is 5.76. The maximum absolute atomic E-state index is 12.8. The van der Waals surface area contributed by atoms with Gasteiger partial charge in [-0.2, -0.15) is 0 Å². The van der Waals surface area contributed by atoms with Crippen molar-refractivity contribution < 1.29 is 19.7 Å². The van der Waals surface area contributed by atoms with Crippen LogP contribution in [-0.4, -0.2) is 36.0 Å². The van der Waals surface area contributed by atoms with Crippen molar-refractivity contribution >= 4 is 5.97 Å². The predicted octanol–water partition coefficient (Wildman–Crippen LogP) is 6.72. The van der Waals surface area contributed by atoms with E-state index >= 15 is 0 Å². The fourth-order valence-corrected chi connectivity index (χ4v) is 11.9. The Labute approximate surface area is 213 Å². The van der Waals surface area contributed by atoms with E-state index in [0.29, 0.717) is 23.7 Å². The van der Waals surface area contributed by atoms with Crippen molar-refractivity contribution in [3.63, 3.8) is 0 Å². The highest BCUT2D eigenvalue weighted by Crippen LogP contribution is 2.77. The summed E-state index contributed by atoms with van der Waals surface area (Å²) in [5.74, 6) is 1.56. The lowest BCUT2D eigenvalue weighted by molar-refractivity contribution is -0.256. The van der Waals surface area contributed by atoms with Crippen LogP contribution in [0, 0.1) is 56.7 Å². The van der Waals surface area contributed by atoms with Crippen LogP contribution in [0.2, 0.25) is 0 Å². The van der Waals surface area contributed by atoms with Crippen LogP contribution in [0.3, 0.4) is 0 Å². The van der Waals surface area contributed by atoms with Gasteiger partial charge in [0, 0.05) is 12.5 Å². The first-order valence-corrected chi connectivity index (χ1v) is 14.4. The molecule has 198 valence electrons. The Morgan fingerprint density at radius 2 is 1.63 bits per heavy atom. The number of aliphatic carboxylic acids is 1. The van der Waals surface area contributed by atoms with Gasteiger partial charge in [0.15, 0.2) is 0 Å². The van der Waals surface area contributed by atoms with Gasteiger partial charge in [-0.25, -0.2) is 0 Å². The van der Waals surface area contributed by atoms with Crippen LogP contribution in [0.1, 0.15) is 98.8 Å². The maximum Gasteiger partial charge on any atom is 0.309 e. The van der Waals surface area contributed by atoms with E-state index in [1.54, 1.807) is 0 Å². The van der Waals surface area contributed by atoms with Gasteiger partial charge in [-0.05, 0) is 117 Å². The van der Waals surface area contributed by atoms with Crippen LogP contribution in [-0.2, 0) is 9.53 Å². The van der Waals surface area contributed by atoms with Crippen LogP contribution < -0.4 is 0 Å². The van der Waals surface area contributed by atoms with Crippen molar-refractivity contribution in [3.05, 3.63) is 12.2 Å². The molecule has 0 spiro atoms. The largest absolute Gasteiger partial charge is 0.481 e. The lowest BCUT2D eigenvalue weighted by atomic mass is 9.32. The molecular weight excluding hydrogens is 436 g/mol. The third-order valence-electron chi connectivity index (χ3n) is 13.9. The number of aliphatic hydroxyl groups excluding tert-OH is 1. The van der Waals surface area contributed by atoms with E-state index in [9.17, 15) is 15.0 Å². The Morgan fingerprint density at radius 1 is 0.914 bits per heavy atom. The number of fused-ring (bicyclic) bond motifs is 7. The number of carboxylic acid groups (broad SMARTS) is 1. The molecule has 0 bridgehead atoms. The van der Waals surface area contributed by atoms with Crippen molar-refractivity contribution in [2.45, 2.75) is 105 Å². The molecule has 11 atom stereocenters. The van der Waals surface area contributed by atoms with Crippen LogP contribution in [0.15, 0.2) is 12.2 Å². The maximum atomic E-state index is 12.8. The second-order valence-electron chi connectivity index (χ2n) is 14.6. The zero-order valence-corrected chi connectivity index (χ0v) is 23.2. The predicted molar refractivity (Wildman–Crippen MR) is 139 cm³/mol. The summed E-state index contributed by atoms with van der Waals surface area (Å²) in [5.41, 5.74) is 0.996. The number of hydrogen-bond acceptors (Lipinski definition) is 3. The average Bonchev–Trinajstić information content (AvgIpc) is 3.21. The molecule has 0 aromatic heterocycles. The monoisotopic (exact) mass is 486 g/mol. The summed E-state index contributed by atoms with van der Waals surface area (Å²) in [5, 5.41) is 21.2. The first-order chi connectivity index (χ1) is 16.4. The van der Waals surface area contributed by atoms with Gasteiger partial charge in [0.25, 0.3) is 0 Å². The van der Waals surface area contributed by atoms with Gasteiger partial charge in [0.05, 0.1) is 18.1 Å². The van der Waals surface area contributed by atoms with Gasteiger partial charge < -0.3 is 14.9 Å². The number of rotatable bonds is 4. The molecule has 5 rings (SSSR count). The Balaban J connectivity index is 1.55. The summed E-state index contributed by atoms with van der Waals surface area (Å²) in [6, 6.07) is 0. The first kappa shape index (κ1) is 25.8. The minimum absolute atomic E-state index is 0.127. The third kappa shape index (κ3) is 3.02. The SMILES string of the molecule is C=C(C)[C@@H]1CC[C@]2(C(=O)O)CC[C@]3(C)C(CCC4[C@@]5(C)CC[C@H](OC)[C@@](C)(CO)C5CC[C@]43C)C12. The van der Waals surface area contributed by atoms with Gasteiger partial charge >= 0.3 is 5.97 Å². The number of aliphatic hydroxyl groups is 1. The minimum Gasteiger partial charge on any atom is -0.481 e. The zero-order valence-electron chi connectivity index (χ0n) is 23.2. The van der Waals surface area contributed by atoms with Crippen molar-refractivity contribution in [2.75, 3.05) is 13.7 Å². The zero-order chi connectivity index (χ0) is 25.6. The van der Waals surface area contributed by atoms with Gasteiger partial charge in [-0.15, -0.1) is 0 Å². The Morgan fingerprint density at radius 3 is 2.23 bits per heavy atom. The van der Waals surface area contributed by atoms with E-state index in [4.69, 9.17) is 4.74 Å². The summed E-state index contributed by atoms with van der Waals surface area (Å²) < 4.78 is 5.95. The van der Waals surface area contributed by atoms with Gasteiger partial charge in [-0.3, -0.25) is 4.79 Å². The fourth-order valence-electron chi connectivity index (χ4n) is 11.9. The molecule has 0 saturated heterocycles. The van der Waals surface area contributed by atoms with Gasteiger partial charge in [-0.1, -0.05) is 39.8 Å². The molecule has 4 nitrogen and oxygen atoms in total. The number of hydrogen-bond donors (Lipinski definition) is 2. The van der Waals surface area contributed by atoms with E-state index in [-0.39, 0.29) is 40.3 Å². The second kappa shape index (κ2) is 8.06. The molecule has 0 aromatic rings. The average molecular weight is 487 g/mol. The van der Waals surface area contributed by atoms with E-state index < -0.39 is 11.4 Å². The molecule has 0 heterocycles. The van der Waals surface area contributed by atoms with Crippen LogP contribution >= 0.6 is 0 Å². The summed E-state index contributed by atoms with van der Waals surface area (Å²) in [6.07, 6.45) is 10.7. The quantitative estimate of drug-likeness (QED) is 0.433. The van der Waals surface area contributed by atoms with Crippen molar-refractivity contribution in [2.24, 2.45) is 56.7 Å². The van der Waals surface area contributed by atoms with E-state index in [1.165, 1.54) is 24.8 Å². The van der Waals surface area contributed by atoms with Crippen molar-refractivity contribution in [1.29, 1.82) is 0 Å². The molecule has 35 heavy (non-hydrogen) atoms. The minimum atomic E-state index is -0.552. The van der Waals surface area contributed by atoms with E-state index in [0.717, 1.165) is 44.9 Å². The topological polar surface area (TPSA) is 66.8 Å². The summed E-state index contributed by atoms with van der Waals surface area (Å²) in [4.78, 5) is 12.8. The van der Waals surface area contributed by atoms with Crippen LogP contribution in [0.4, 0.5) is 0 Å². The lowest BCUT2D eigenvalue weighted by Crippen LogP contribution is -2.67. The van der Waals surface area contributed by atoms with Gasteiger partial charge in [0.1, 0.15) is 0 Å². The van der Waals surface area contributed by atoms with Crippen LogP contribution in [0.25, 0.3) is 0 Å². The highest BCUT2D eigenvalue weighted by Gasteiger charge is 2.72. The standard InChI is InChI=1S/C31H50O4/c1-19(2)20-10-15-31(26(33)34)17-16-29(5)21(25(20)31)8-9-23-27(3)13-12-24(35-7)28(4,18-32)22(27)11-14-30(23,29)6/h20-25,32H,1,8-18H2,2-7H3,(H,33,34)/t20-,21?,22?,23?,24-,25?,27-,28-,29+,30+,31-/m0/s1. The van der Waals surface area contributed by atoms with Crippen LogP contribution in [0.5, 0.6) is 0 Å². The first-order valence-electron chi connectivity index (χ1n) is 14.4. The molecule has 0 amide bonds. The van der Waals surface area contributed by atoms with E-state index in [1.807, 2.05) is 7.11 Å². The molecule has 0 aromatic carbocycles. The normalized spacial score (nSPS) is 55.3. The number of allylic oxidation sites excluding steroid dienone is 1. The molecule has 4 heteroatoms. The second-order valence-corrected chi connectivity index (χ2v) is 14.6. The molecule has 2 N–H and O–H groups in total. The van der Waals surface area contributed by atoms with Crippen molar-refractivity contribution in [1.82, 2.24) is 0 Å². The summed E-state index contributed by atoms with van der Waals surface area (Å²) in [7, 11) is 1.82. The smallest absolute Gasteiger partial charge is 0.309 e. The Bertz CT molecular complexity index is 898. The fraction of sp³-hybridized carbons (Fsp3) is 0.903. The number of carbonyl (C=O) groups is 1. The highest BCUT2D eigenvalue weighted by atomic mass is 16.5. The molecule has 0 aliphatic heterocycles. The molecule has 5 aliphatic rings. The molecule has 5 aliphatic carbocycles. The third-order valence-corrected chi connectivity index (χ3v) is 13.9. The molecular formula is C31H50O4. The lowest BCUT2D eigenvalue weighted by Gasteiger charge is -2.73. The Kier molecular flexibility index (Phi) is 5.94. The van der Waals surface area contributed by atoms with Gasteiger partial charge in [0.2, 0.25) is 0 Å². The Hall–Kier alpha value is -0.870. The molecule has 4 unspecified atom stereocenters. The molecule has 0 radical (unpaired) electrons. The number of carboxylic acids is 1. The number of methoxy groups -OCH3 is 1. The summed E-state index contributed by atoms with van der Waals surface area (Å²) in [6.45, 7) is 16.6. The molecule has 5 fully saturated rings. The summed E-state index contributed by atoms with van der Waals surface area (Å²) >= 11 is 0.